The van der Waals surface area contributed by atoms with E-state index in [0.717, 1.165) is 19.0 Å². The Morgan fingerprint density at radius 3 is 2.88 bits per heavy atom. The van der Waals surface area contributed by atoms with Gasteiger partial charge in [-0.15, -0.1) is 0 Å². The minimum absolute atomic E-state index is 0.374. The smallest absolute Gasteiger partial charge is 0.191 e. The maximum absolute atomic E-state index is 4.99. The van der Waals surface area contributed by atoms with Crippen LogP contribution in [-0.4, -0.2) is 50.3 Å². The fourth-order valence-corrected chi connectivity index (χ4v) is 2.98. The van der Waals surface area contributed by atoms with Crippen LogP contribution in [0.25, 0.3) is 0 Å². The molecule has 1 aliphatic heterocycles. The van der Waals surface area contributed by atoms with Gasteiger partial charge in [0.25, 0.3) is 0 Å². The van der Waals surface area contributed by atoms with Crippen LogP contribution in [0.5, 0.6) is 0 Å². The van der Waals surface area contributed by atoms with E-state index in [1.165, 1.54) is 18.6 Å². The van der Waals surface area contributed by atoms with Crippen LogP contribution in [0, 0.1) is 0 Å². The molecule has 4 nitrogen and oxygen atoms in total. The van der Waals surface area contributed by atoms with Gasteiger partial charge in [-0.25, -0.2) is 0 Å². The number of methoxy groups -OCH3 is 1. The van der Waals surface area contributed by atoms with Crippen molar-refractivity contribution in [3.63, 3.8) is 0 Å². The molecule has 1 aliphatic rings. The van der Waals surface area contributed by atoms with E-state index in [2.05, 4.69) is 34.3 Å². The number of guanidine groups is 1. The van der Waals surface area contributed by atoms with Crippen molar-refractivity contribution in [2.45, 2.75) is 24.5 Å². The third kappa shape index (κ3) is 4.61. The highest BCUT2D eigenvalue weighted by molar-refractivity contribution is 8.00. The zero-order valence-corrected chi connectivity index (χ0v) is 11.3. The van der Waals surface area contributed by atoms with Gasteiger partial charge in [-0.1, -0.05) is 0 Å². The molecule has 5 heteroatoms. The molecule has 0 bridgehead atoms. The molecule has 1 fully saturated rings. The van der Waals surface area contributed by atoms with Crippen LogP contribution in [0.15, 0.2) is 4.99 Å². The van der Waals surface area contributed by atoms with Gasteiger partial charge >= 0.3 is 0 Å². The molecule has 0 amide bonds. The molecule has 16 heavy (non-hydrogen) atoms. The van der Waals surface area contributed by atoms with Gasteiger partial charge in [-0.3, -0.25) is 4.99 Å². The summed E-state index contributed by atoms with van der Waals surface area (Å²) in [5, 5.41) is 6.59. The Kier molecular flexibility index (Phi) is 5.98. The number of nitrogens with one attached hydrogen (secondary N) is 2. The lowest BCUT2D eigenvalue weighted by atomic mass is 10.1. The normalized spacial score (nSPS) is 25.8. The van der Waals surface area contributed by atoms with Gasteiger partial charge in [0.2, 0.25) is 0 Å². The number of thioether (sulfide) groups is 1. The molecular weight excluding hydrogens is 222 g/mol. The van der Waals surface area contributed by atoms with Crippen molar-refractivity contribution in [3.05, 3.63) is 0 Å². The predicted molar refractivity (Wildman–Crippen MR) is 71.3 cm³/mol. The molecule has 0 spiro atoms. The minimum atomic E-state index is 0.374. The van der Waals surface area contributed by atoms with Crippen molar-refractivity contribution in [3.8, 4) is 0 Å². The number of hydrogen-bond donors (Lipinski definition) is 2. The molecule has 2 N–H and O–H groups in total. The highest BCUT2D eigenvalue weighted by Crippen LogP contribution is 2.36. The van der Waals surface area contributed by atoms with Crippen molar-refractivity contribution in [2.24, 2.45) is 4.99 Å². The van der Waals surface area contributed by atoms with Crippen molar-refractivity contribution in [1.29, 1.82) is 0 Å². The first-order chi connectivity index (χ1) is 7.70. The molecule has 1 heterocycles. The molecule has 94 valence electrons. The topological polar surface area (TPSA) is 45.7 Å². The van der Waals surface area contributed by atoms with E-state index >= 15 is 0 Å². The summed E-state index contributed by atoms with van der Waals surface area (Å²) in [5.74, 6) is 2.15. The minimum Gasteiger partial charge on any atom is -0.383 e. The molecule has 0 aromatic heterocycles. The van der Waals surface area contributed by atoms with Gasteiger partial charge in [-0.05, 0) is 25.5 Å². The Hall–Kier alpha value is -0.420. The van der Waals surface area contributed by atoms with Crippen molar-refractivity contribution in [2.75, 3.05) is 39.6 Å². The molecule has 1 atom stereocenters. The summed E-state index contributed by atoms with van der Waals surface area (Å²) in [6.07, 6.45) is 2.62. The SMILES string of the molecule is CN=C(NCCOC)NCC1(C)CCCS1. The first kappa shape index (κ1) is 13.6. The Bertz CT molecular complexity index is 227. The Balaban J connectivity index is 2.23. The lowest BCUT2D eigenvalue weighted by Gasteiger charge is -2.24. The summed E-state index contributed by atoms with van der Waals surface area (Å²) in [4.78, 5) is 4.18. The Morgan fingerprint density at radius 1 is 1.50 bits per heavy atom. The van der Waals surface area contributed by atoms with Crippen LogP contribution in [0.4, 0.5) is 0 Å². The second-order valence-electron chi connectivity index (χ2n) is 4.25. The quantitative estimate of drug-likeness (QED) is 0.432. The average Bonchev–Trinajstić information content (AvgIpc) is 2.71. The van der Waals surface area contributed by atoms with E-state index in [1.54, 1.807) is 14.2 Å². The Morgan fingerprint density at radius 2 is 2.31 bits per heavy atom. The monoisotopic (exact) mass is 245 g/mol. The Labute approximate surface area is 103 Å². The molecule has 1 unspecified atom stereocenters. The summed E-state index contributed by atoms with van der Waals surface area (Å²) >= 11 is 2.06. The zero-order valence-electron chi connectivity index (χ0n) is 10.5. The van der Waals surface area contributed by atoms with Crippen LogP contribution in [0.3, 0.4) is 0 Å². The van der Waals surface area contributed by atoms with Gasteiger partial charge in [0.05, 0.1) is 6.61 Å². The molecule has 0 saturated carbocycles. The highest BCUT2D eigenvalue weighted by atomic mass is 32.2. The van der Waals surface area contributed by atoms with Crippen LogP contribution in [0.1, 0.15) is 19.8 Å². The molecule has 1 saturated heterocycles. The standard InChI is InChI=1S/C11H23N3OS/c1-11(5-4-8-16-11)9-14-10(12-2)13-6-7-15-3/h4-9H2,1-3H3,(H2,12,13,14). The van der Waals surface area contributed by atoms with Gasteiger partial charge in [0, 0.05) is 32.0 Å². The molecule has 0 aromatic carbocycles. The largest absolute Gasteiger partial charge is 0.383 e. The summed E-state index contributed by atoms with van der Waals surface area (Å²) < 4.78 is 5.36. The fraction of sp³-hybridized carbons (Fsp3) is 0.909. The van der Waals surface area contributed by atoms with Gasteiger partial charge < -0.3 is 15.4 Å². The first-order valence-corrected chi connectivity index (χ1v) is 6.76. The first-order valence-electron chi connectivity index (χ1n) is 5.77. The number of ether oxygens (including phenoxy) is 1. The number of hydrogen-bond acceptors (Lipinski definition) is 3. The van der Waals surface area contributed by atoms with E-state index in [4.69, 9.17) is 4.74 Å². The number of aliphatic imine (C=N–C) groups is 1. The van der Waals surface area contributed by atoms with E-state index in [9.17, 15) is 0 Å². The van der Waals surface area contributed by atoms with E-state index in [-0.39, 0.29) is 0 Å². The highest BCUT2D eigenvalue weighted by Gasteiger charge is 2.29. The molecule has 0 radical (unpaired) electrons. The van der Waals surface area contributed by atoms with Crippen molar-refractivity contribution in [1.82, 2.24) is 10.6 Å². The average molecular weight is 245 g/mol. The number of nitrogens with zero attached hydrogens (tertiary/aromatic N) is 1. The summed E-state index contributed by atoms with van der Waals surface area (Å²) in [6.45, 7) is 4.79. The van der Waals surface area contributed by atoms with Crippen molar-refractivity contribution < 1.29 is 4.74 Å². The van der Waals surface area contributed by atoms with Gasteiger partial charge in [-0.2, -0.15) is 11.8 Å². The van der Waals surface area contributed by atoms with Crippen molar-refractivity contribution >= 4 is 17.7 Å². The van der Waals surface area contributed by atoms with Crippen LogP contribution in [-0.2, 0) is 4.74 Å². The molecule has 0 aromatic rings. The van der Waals surface area contributed by atoms with Crippen LogP contribution in [0.2, 0.25) is 0 Å². The van der Waals surface area contributed by atoms with Crippen LogP contribution < -0.4 is 10.6 Å². The second-order valence-corrected chi connectivity index (χ2v) is 5.93. The van der Waals surface area contributed by atoms with Gasteiger partial charge in [0.1, 0.15) is 0 Å². The maximum Gasteiger partial charge on any atom is 0.191 e. The number of rotatable bonds is 5. The third-order valence-corrected chi connectivity index (χ3v) is 4.29. The summed E-state index contributed by atoms with van der Waals surface area (Å²) in [6, 6.07) is 0. The second kappa shape index (κ2) is 7.01. The predicted octanol–water partition coefficient (Wildman–Crippen LogP) is 1.08. The third-order valence-electron chi connectivity index (χ3n) is 2.75. The molecular formula is C11H23N3OS. The van der Waals surface area contributed by atoms with E-state index < -0.39 is 0 Å². The molecule has 0 aliphatic carbocycles. The van der Waals surface area contributed by atoms with Crippen LogP contribution >= 0.6 is 11.8 Å². The maximum atomic E-state index is 4.99. The van der Waals surface area contributed by atoms with E-state index in [0.29, 0.717) is 11.4 Å². The van der Waals surface area contributed by atoms with Gasteiger partial charge in [0.15, 0.2) is 5.96 Å². The summed E-state index contributed by atoms with van der Waals surface area (Å²) in [7, 11) is 3.50. The summed E-state index contributed by atoms with van der Waals surface area (Å²) in [5.41, 5.74) is 0. The lowest BCUT2D eigenvalue weighted by molar-refractivity contribution is 0.203. The van der Waals surface area contributed by atoms with E-state index in [1.807, 2.05) is 0 Å². The lowest BCUT2D eigenvalue weighted by Crippen LogP contribution is -2.44. The molecule has 1 rings (SSSR count). The fourth-order valence-electron chi connectivity index (χ4n) is 1.74. The zero-order chi connectivity index (χ0) is 11.9.